The van der Waals surface area contributed by atoms with Gasteiger partial charge in [0.1, 0.15) is 0 Å². The first-order valence-corrected chi connectivity index (χ1v) is 8.49. The number of rotatable bonds is 14. The molecule has 118 valence electrons. The number of aliphatic hydroxyl groups is 1. The molecule has 0 aromatic heterocycles. The number of aliphatic hydroxyl groups excluding tert-OH is 1. The molecule has 0 aromatic carbocycles. The Balaban J connectivity index is 3.17. The molecular weight excluding hydrogens is 246 g/mol. The van der Waals surface area contributed by atoms with Crippen LogP contribution in [0.2, 0.25) is 0 Å². The molecule has 0 fully saturated rings. The van der Waals surface area contributed by atoms with Gasteiger partial charge in [0.05, 0.1) is 6.61 Å². The first-order chi connectivity index (χ1) is 9.81. The van der Waals surface area contributed by atoms with Crippen LogP contribution < -0.4 is 5.73 Å². The number of unbranched alkanes of at least 4 members (excludes halogenated alkanes) is 9. The molecule has 0 aliphatic carbocycles. The van der Waals surface area contributed by atoms with Crippen molar-refractivity contribution in [1.82, 2.24) is 0 Å². The summed E-state index contributed by atoms with van der Waals surface area (Å²) in [5, 5.41) is 8.75. The Kier molecular flexibility index (Phi) is 16.0. The highest BCUT2D eigenvalue weighted by Gasteiger charge is 1.91. The Bertz CT molecular complexity index is 236. The van der Waals surface area contributed by atoms with Crippen LogP contribution in [0.25, 0.3) is 0 Å². The van der Waals surface area contributed by atoms with Crippen molar-refractivity contribution >= 4 is 0 Å². The van der Waals surface area contributed by atoms with Crippen molar-refractivity contribution in [3.63, 3.8) is 0 Å². The van der Waals surface area contributed by atoms with E-state index in [9.17, 15) is 0 Å². The monoisotopic (exact) mass is 281 g/mol. The molecule has 0 saturated heterocycles. The molecular formula is C18H35NO. The number of allylic oxidation sites excluding steroid dienone is 3. The van der Waals surface area contributed by atoms with E-state index in [-0.39, 0.29) is 12.6 Å². The van der Waals surface area contributed by atoms with E-state index in [1.54, 1.807) is 0 Å². The fourth-order valence-corrected chi connectivity index (χ4v) is 2.13. The van der Waals surface area contributed by atoms with Gasteiger partial charge in [-0.2, -0.15) is 0 Å². The minimum absolute atomic E-state index is 0.0414. The fourth-order valence-electron chi connectivity index (χ4n) is 2.13. The maximum atomic E-state index is 8.75. The molecule has 0 bridgehead atoms. The quantitative estimate of drug-likeness (QED) is 0.357. The molecule has 0 spiro atoms. The van der Waals surface area contributed by atoms with Gasteiger partial charge in [-0.1, -0.05) is 63.3 Å². The highest BCUT2D eigenvalue weighted by molar-refractivity contribution is 4.90. The molecule has 0 saturated carbocycles. The summed E-state index contributed by atoms with van der Waals surface area (Å²) >= 11 is 0. The van der Waals surface area contributed by atoms with E-state index in [1.165, 1.54) is 64.2 Å². The average molecular weight is 281 g/mol. The van der Waals surface area contributed by atoms with Crippen LogP contribution in [0, 0.1) is 0 Å². The van der Waals surface area contributed by atoms with Gasteiger partial charge in [-0.3, -0.25) is 0 Å². The Morgan fingerprint density at radius 2 is 1.30 bits per heavy atom. The highest BCUT2D eigenvalue weighted by atomic mass is 16.3. The first kappa shape index (κ1) is 19.4. The van der Waals surface area contributed by atoms with Crippen molar-refractivity contribution in [3.05, 3.63) is 24.3 Å². The van der Waals surface area contributed by atoms with Crippen LogP contribution in [0.1, 0.15) is 77.6 Å². The van der Waals surface area contributed by atoms with Gasteiger partial charge in [0.25, 0.3) is 0 Å². The molecule has 0 aliphatic heterocycles. The molecule has 0 aromatic rings. The lowest BCUT2D eigenvalue weighted by Crippen LogP contribution is -2.20. The fraction of sp³-hybridized carbons (Fsp3) is 0.778. The van der Waals surface area contributed by atoms with Crippen LogP contribution in [-0.4, -0.2) is 17.8 Å². The Morgan fingerprint density at radius 1 is 0.800 bits per heavy atom. The smallest absolute Gasteiger partial charge is 0.0618 e. The summed E-state index contributed by atoms with van der Waals surface area (Å²) in [6.45, 7) is 2.30. The van der Waals surface area contributed by atoms with E-state index in [1.807, 2.05) is 6.08 Å². The van der Waals surface area contributed by atoms with Crippen LogP contribution in [0.15, 0.2) is 24.3 Å². The van der Waals surface area contributed by atoms with Crippen molar-refractivity contribution in [1.29, 1.82) is 0 Å². The summed E-state index contributed by atoms with van der Waals surface area (Å²) in [5.74, 6) is 0. The topological polar surface area (TPSA) is 46.2 Å². The van der Waals surface area contributed by atoms with Gasteiger partial charge in [0.2, 0.25) is 0 Å². The molecule has 2 nitrogen and oxygen atoms in total. The van der Waals surface area contributed by atoms with Crippen LogP contribution in [0.3, 0.4) is 0 Å². The summed E-state index contributed by atoms with van der Waals surface area (Å²) < 4.78 is 0. The van der Waals surface area contributed by atoms with E-state index in [2.05, 4.69) is 25.2 Å². The molecule has 0 unspecified atom stereocenters. The number of nitrogens with two attached hydrogens (primary N) is 1. The van der Waals surface area contributed by atoms with Gasteiger partial charge in [-0.15, -0.1) is 0 Å². The van der Waals surface area contributed by atoms with E-state index in [0.717, 1.165) is 6.42 Å². The van der Waals surface area contributed by atoms with Gasteiger partial charge >= 0.3 is 0 Å². The van der Waals surface area contributed by atoms with Gasteiger partial charge in [-0.05, 0) is 38.5 Å². The van der Waals surface area contributed by atoms with E-state index in [4.69, 9.17) is 10.8 Å². The lowest BCUT2D eigenvalue weighted by atomic mass is 10.1. The second-order valence-corrected chi connectivity index (χ2v) is 5.59. The molecule has 0 radical (unpaired) electrons. The first-order valence-electron chi connectivity index (χ1n) is 8.49. The molecule has 0 aliphatic rings. The summed E-state index contributed by atoms with van der Waals surface area (Å²) in [6.07, 6.45) is 22.9. The van der Waals surface area contributed by atoms with Crippen LogP contribution in [0.5, 0.6) is 0 Å². The zero-order valence-electron chi connectivity index (χ0n) is 13.4. The summed E-state index contributed by atoms with van der Waals surface area (Å²) in [4.78, 5) is 0. The lowest BCUT2D eigenvalue weighted by molar-refractivity contribution is 0.284. The standard InChI is InChI=1S/C18H35NO/c1-2-3-4-5-6-7-8-9-10-11-12-13-14-15-16-18(19)17-20/h8-9,15-16,18,20H,2-7,10-14,17,19H2,1H3/b9-8-,16-15-/t18-/m1/s1. The third-order valence-electron chi connectivity index (χ3n) is 3.48. The van der Waals surface area contributed by atoms with Crippen molar-refractivity contribution in [2.75, 3.05) is 6.61 Å². The second kappa shape index (κ2) is 16.5. The van der Waals surface area contributed by atoms with Crippen molar-refractivity contribution < 1.29 is 5.11 Å². The molecule has 3 N–H and O–H groups in total. The normalized spacial score (nSPS) is 13.6. The second-order valence-electron chi connectivity index (χ2n) is 5.59. The van der Waals surface area contributed by atoms with E-state index < -0.39 is 0 Å². The van der Waals surface area contributed by atoms with Crippen molar-refractivity contribution in [3.8, 4) is 0 Å². The zero-order valence-corrected chi connectivity index (χ0v) is 13.4. The Morgan fingerprint density at radius 3 is 1.85 bits per heavy atom. The van der Waals surface area contributed by atoms with Crippen molar-refractivity contribution in [2.24, 2.45) is 5.73 Å². The maximum Gasteiger partial charge on any atom is 0.0618 e. The number of hydrogen-bond acceptors (Lipinski definition) is 2. The maximum absolute atomic E-state index is 8.75. The molecule has 0 heterocycles. The minimum atomic E-state index is -0.185. The van der Waals surface area contributed by atoms with Gasteiger partial charge < -0.3 is 10.8 Å². The Hall–Kier alpha value is -0.600. The van der Waals surface area contributed by atoms with Crippen LogP contribution in [-0.2, 0) is 0 Å². The molecule has 2 heteroatoms. The van der Waals surface area contributed by atoms with E-state index in [0.29, 0.717) is 0 Å². The van der Waals surface area contributed by atoms with Gasteiger partial charge in [0.15, 0.2) is 0 Å². The average Bonchev–Trinajstić information content (AvgIpc) is 2.47. The molecule has 1 atom stereocenters. The van der Waals surface area contributed by atoms with Crippen molar-refractivity contribution in [2.45, 2.75) is 83.6 Å². The lowest BCUT2D eigenvalue weighted by Gasteiger charge is -1.99. The molecule has 20 heavy (non-hydrogen) atoms. The third-order valence-corrected chi connectivity index (χ3v) is 3.48. The molecule has 0 amide bonds. The van der Waals surface area contributed by atoms with Crippen LogP contribution in [0.4, 0.5) is 0 Å². The Labute approximate surface area is 126 Å². The number of hydrogen-bond donors (Lipinski definition) is 2. The summed E-state index contributed by atoms with van der Waals surface area (Å²) in [7, 11) is 0. The third kappa shape index (κ3) is 15.5. The predicted molar refractivity (Wildman–Crippen MR) is 89.8 cm³/mol. The minimum Gasteiger partial charge on any atom is -0.394 e. The largest absolute Gasteiger partial charge is 0.394 e. The van der Waals surface area contributed by atoms with Gasteiger partial charge in [-0.25, -0.2) is 0 Å². The zero-order chi connectivity index (χ0) is 14.9. The van der Waals surface area contributed by atoms with Gasteiger partial charge in [0, 0.05) is 6.04 Å². The molecule has 0 rings (SSSR count). The van der Waals surface area contributed by atoms with Crippen LogP contribution >= 0.6 is 0 Å². The van der Waals surface area contributed by atoms with E-state index >= 15 is 0 Å². The summed E-state index contributed by atoms with van der Waals surface area (Å²) in [5.41, 5.74) is 5.57. The predicted octanol–water partition coefficient (Wildman–Crippen LogP) is 4.73. The highest BCUT2D eigenvalue weighted by Crippen LogP contribution is 2.07. The SMILES string of the molecule is CCCCCCC/C=C\CCCCC/C=C\[C@@H](N)CO. The summed E-state index contributed by atoms with van der Waals surface area (Å²) in [6, 6.07) is -0.185.